The number of rotatable bonds is 4. The Kier molecular flexibility index (Phi) is 4.05. The zero-order chi connectivity index (χ0) is 11.3. The van der Waals surface area contributed by atoms with Crippen molar-refractivity contribution in [1.29, 1.82) is 0 Å². The highest BCUT2D eigenvalue weighted by molar-refractivity contribution is 5.76. The molecule has 1 atom stereocenters. The molecule has 82 valence electrons. The van der Waals surface area contributed by atoms with Crippen molar-refractivity contribution in [2.24, 2.45) is 0 Å². The molecule has 1 aromatic heterocycles. The Balaban J connectivity index is 2.82. The van der Waals surface area contributed by atoms with Crippen LogP contribution in [0.1, 0.15) is 18.7 Å². The van der Waals surface area contributed by atoms with E-state index in [0.29, 0.717) is 18.0 Å². The third kappa shape index (κ3) is 2.92. The van der Waals surface area contributed by atoms with Gasteiger partial charge >= 0.3 is 5.97 Å². The van der Waals surface area contributed by atoms with Crippen LogP contribution in [0.5, 0.6) is 0 Å². The molecule has 0 fully saturated rings. The summed E-state index contributed by atoms with van der Waals surface area (Å²) in [5, 5.41) is 0. The molecule has 1 aromatic rings. The van der Waals surface area contributed by atoms with E-state index in [1.807, 2.05) is 0 Å². The van der Waals surface area contributed by atoms with E-state index in [0.717, 1.165) is 0 Å². The smallest absolute Gasteiger partial charge is 0.341 e. The average Bonchev–Trinajstić information content (AvgIpc) is 2.22. The topological polar surface area (TPSA) is 74.4 Å². The molecule has 0 amide bonds. The van der Waals surface area contributed by atoms with Crippen LogP contribution in [0.4, 0.5) is 5.69 Å². The van der Waals surface area contributed by atoms with Gasteiger partial charge in [0.1, 0.15) is 0 Å². The van der Waals surface area contributed by atoms with Gasteiger partial charge in [-0.3, -0.25) is 4.98 Å². The zero-order valence-corrected chi connectivity index (χ0v) is 8.77. The van der Waals surface area contributed by atoms with Crippen LogP contribution in [0.3, 0.4) is 0 Å². The first kappa shape index (κ1) is 11.5. The standard InChI is InChI=1S/C10H14N2O3/c1-3-15-10(13)9(14-2)8-5-4-7(11)6-12-8/h4-6,9H,3,11H2,1-2H3. The lowest BCUT2D eigenvalue weighted by molar-refractivity contribution is -0.155. The normalized spacial score (nSPS) is 12.1. The monoisotopic (exact) mass is 210 g/mol. The number of carbonyl (C=O) groups is 1. The van der Waals surface area contributed by atoms with Crippen LogP contribution in [-0.4, -0.2) is 24.7 Å². The molecule has 0 bridgehead atoms. The Labute approximate surface area is 88.2 Å². The van der Waals surface area contributed by atoms with E-state index in [-0.39, 0.29) is 0 Å². The summed E-state index contributed by atoms with van der Waals surface area (Å²) in [5.74, 6) is -0.447. The number of aromatic nitrogens is 1. The van der Waals surface area contributed by atoms with Gasteiger partial charge < -0.3 is 15.2 Å². The van der Waals surface area contributed by atoms with Gasteiger partial charge in [0.15, 0.2) is 6.10 Å². The van der Waals surface area contributed by atoms with Crippen LogP contribution >= 0.6 is 0 Å². The second-order valence-corrected chi connectivity index (χ2v) is 2.88. The molecule has 0 aliphatic carbocycles. The molecule has 0 saturated heterocycles. The van der Waals surface area contributed by atoms with Crippen LogP contribution in [0.25, 0.3) is 0 Å². The van der Waals surface area contributed by atoms with E-state index >= 15 is 0 Å². The number of nitrogens with zero attached hydrogens (tertiary/aromatic N) is 1. The first-order valence-corrected chi connectivity index (χ1v) is 4.60. The zero-order valence-electron chi connectivity index (χ0n) is 8.77. The van der Waals surface area contributed by atoms with E-state index in [4.69, 9.17) is 15.2 Å². The Hall–Kier alpha value is -1.62. The fraction of sp³-hybridized carbons (Fsp3) is 0.400. The number of carbonyl (C=O) groups excluding carboxylic acids is 1. The average molecular weight is 210 g/mol. The predicted octanol–water partition coefficient (Wildman–Crippen LogP) is 0.914. The van der Waals surface area contributed by atoms with Gasteiger partial charge in [-0.15, -0.1) is 0 Å². The van der Waals surface area contributed by atoms with E-state index < -0.39 is 12.1 Å². The predicted molar refractivity (Wildman–Crippen MR) is 55.0 cm³/mol. The summed E-state index contributed by atoms with van der Waals surface area (Å²) in [7, 11) is 1.43. The summed E-state index contributed by atoms with van der Waals surface area (Å²) in [6, 6.07) is 3.30. The minimum absolute atomic E-state index is 0.313. The molecule has 1 heterocycles. The fourth-order valence-electron chi connectivity index (χ4n) is 1.13. The minimum atomic E-state index is -0.787. The van der Waals surface area contributed by atoms with Crippen molar-refractivity contribution in [1.82, 2.24) is 4.98 Å². The van der Waals surface area contributed by atoms with E-state index in [1.54, 1.807) is 19.1 Å². The van der Waals surface area contributed by atoms with Crippen molar-refractivity contribution in [3.63, 3.8) is 0 Å². The molecule has 0 aliphatic heterocycles. The van der Waals surface area contributed by atoms with Gasteiger partial charge in [-0.1, -0.05) is 0 Å². The number of esters is 1. The van der Waals surface area contributed by atoms with Crippen LogP contribution < -0.4 is 5.73 Å². The molecule has 1 rings (SSSR count). The number of ether oxygens (including phenoxy) is 2. The van der Waals surface area contributed by atoms with Crippen molar-refractivity contribution in [2.45, 2.75) is 13.0 Å². The summed E-state index contributed by atoms with van der Waals surface area (Å²) in [6.07, 6.45) is 0.686. The lowest BCUT2D eigenvalue weighted by Gasteiger charge is -2.12. The lowest BCUT2D eigenvalue weighted by Crippen LogP contribution is -2.18. The second-order valence-electron chi connectivity index (χ2n) is 2.88. The number of pyridine rings is 1. The van der Waals surface area contributed by atoms with Crippen molar-refractivity contribution in [2.75, 3.05) is 19.5 Å². The molecule has 0 aromatic carbocycles. The summed E-state index contributed by atoms with van der Waals surface area (Å²) >= 11 is 0. The molecule has 5 heteroatoms. The van der Waals surface area contributed by atoms with Gasteiger partial charge in [0.25, 0.3) is 0 Å². The first-order valence-electron chi connectivity index (χ1n) is 4.60. The van der Waals surface area contributed by atoms with E-state index in [9.17, 15) is 4.79 Å². The highest BCUT2D eigenvalue weighted by Gasteiger charge is 2.22. The first-order chi connectivity index (χ1) is 7.19. The molecule has 15 heavy (non-hydrogen) atoms. The Bertz CT molecular complexity index is 324. The highest BCUT2D eigenvalue weighted by atomic mass is 16.6. The van der Waals surface area contributed by atoms with E-state index in [2.05, 4.69) is 4.98 Å². The van der Waals surface area contributed by atoms with Gasteiger partial charge in [-0.05, 0) is 19.1 Å². The van der Waals surface area contributed by atoms with Crippen LogP contribution in [0.15, 0.2) is 18.3 Å². The largest absolute Gasteiger partial charge is 0.464 e. The lowest BCUT2D eigenvalue weighted by atomic mass is 10.2. The Morgan fingerprint density at radius 3 is 2.80 bits per heavy atom. The number of nitrogen functional groups attached to an aromatic ring is 1. The van der Waals surface area contributed by atoms with Gasteiger partial charge in [0, 0.05) is 7.11 Å². The molecule has 5 nitrogen and oxygen atoms in total. The van der Waals surface area contributed by atoms with Crippen molar-refractivity contribution in [3.05, 3.63) is 24.0 Å². The fourth-order valence-corrected chi connectivity index (χ4v) is 1.13. The maximum absolute atomic E-state index is 11.4. The summed E-state index contributed by atoms with van der Waals surface area (Å²) in [6.45, 7) is 2.05. The number of hydrogen-bond donors (Lipinski definition) is 1. The number of anilines is 1. The van der Waals surface area contributed by atoms with Gasteiger partial charge in [-0.25, -0.2) is 4.79 Å². The van der Waals surface area contributed by atoms with Gasteiger partial charge in [-0.2, -0.15) is 0 Å². The molecule has 0 saturated carbocycles. The van der Waals surface area contributed by atoms with E-state index in [1.165, 1.54) is 13.3 Å². The third-order valence-corrected chi connectivity index (χ3v) is 1.81. The maximum atomic E-state index is 11.4. The van der Waals surface area contributed by atoms with Crippen LogP contribution in [0.2, 0.25) is 0 Å². The van der Waals surface area contributed by atoms with Gasteiger partial charge in [0.05, 0.1) is 24.2 Å². The van der Waals surface area contributed by atoms with Crippen molar-refractivity contribution >= 4 is 11.7 Å². The summed E-state index contributed by atoms with van der Waals surface area (Å²) in [4.78, 5) is 15.4. The quantitative estimate of drug-likeness (QED) is 0.748. The Morgan fingerprint density at radius 2 is 2.33 bits per heavy atom. The summed E-state index contributed by atoms with van der Waals surface area (Å²) in [5.41, 5.74) is 6.51. The Morgan fingerprint density at radius 1 is 1.60 bits per heavy atom. The van der Waals surface area contributed by atoms with Crippen LogP contribution in [-0.2, 0) is 14.3 Å². The highest BCUT2D eigenvalue weighted by Crippen LogP contribution is 2.16. The van der Waals surface area contributed by atoms with Crippen molar-refractivity contribution < 1.29 is 14.3 Å². The third-order valence-electron chi connectivity index (χ3n) is 1.81. The molecule has 0 radical (unpaired) electrons. The SMILES string of the molecule is CCOC(=O)C(OC)c1ccc(N)cn1. The van der Waals surface area contributed by atoms with Gasteiger partial charge in [0.2, 0.25) is 0 Å². The van der Waals surface area contributed by atoms with Crippen LogP contribution in [0, 0.1) is 0 Å². The molecular weight excluding hydrogens is 196 g/mol. The minimum Gasteiger partial charge on any atom is -0.464 e. The molecule has 1 unspecified atom stereocenters. The molecular formula is C10H14N2O3. The number of nitrogens with two attached hydrogens (primary N) is 1. The second kappa shape index (κ2) is 5.31. The summed E-state index contributed by atoms with van der Waals surface area (Å²) < 4.78 is 9.86. The molecule has 0 spiro atoms. The number of hydrogen-bond acceptors (Lipinski definition) is 5. The molecule has 0 aliphatic rings. The number of methoxy groups -OCH3 is 1. The van der Waals surface area contributed by atoms with Crippen molar-refractivity contribution in [3.8, 4) is 0 Å². The maximum Gasteiger partial charge on any atom is 0.341 e. The molecule has 2 N–H and O–H groups in total.